The number of hydrogen-bond acceptors (Lipinski definition) is 4. The van der Waals surface area contributed by atoms with Crippen molar-refractivity contribution in [3.05, 3.63) is 21.9 Å². The quantitative estimate of drug-likeness (QED) is 0.788. The van der Waals surface area contributed by atoms with Gasteiger partial charge in [0.2, 0.25) is 0 Å². The molecule has 0 aliphatic heterocycles. The molecule has 0 aromatic carbocycles. The summed E-state index contributed by atoms with van der Waals surface area (Å²) in [7, 11) is 0. The van der Waals surface area contributed by atoms with Gasteiger partial charge in [0.1, 0.15) is 4.88 Å². The lowest BCUT2D eigenvalue weighted by Crippen LogP contribution is -2.51. The van der Waals surface area contributed by atoms with E-state index < -0.39 is 0 Å². The molecule has 4 saturated carbocycles. The van der Waals surface area contributed by atoms with Crippen LogP contribution in [-0.4, -0.2) is 18.4 Å². The van der Waals surface area contributed by atoms with Crippen molar-refractivity contribution in [3.63, 3.8) is 0 Å². The molecule has 118 valence electrons. The summed E-state index contributed by atoms with van der Waals surface area (Å²) in [6.07, 6.45) is 7.07. The number of aryl methyl sites for hydroxylation is 1. The van der Waals surface area contributed by atoms with Crippen LogP contribution < -0.4 is 0 Å². The average Bonchev–Trinajstić information content (AvgIpc) is 2.89. The Labute approximate surface area is 135 Å². The molecule has 3 nitrogen and oxygen atoms in total. The largest absolute Gasteiger partial charge is 0.453 e. The van der Waals surface area contributed by atoms with Gasteiger partial charge in [-0.15, -0.1) is 11.3 Å². The molecule has 0 saturated heterocycles. The topological polar surface area (TPSA) is 43.4 Å². The third-order valence-electron chi connectivity index (χ3n) is 5.91. The van der Waals surface area contributed by atoms with E-state index in [9.17, 15) is 9.59 Å². The fraction of sp³-hybridized carbons (Fsp3) is 0.667. The van der Waals surface area contributed by atoms with Crippen molar-refractivity contribution in [3.8, 4) is 0 Å². The van der Waals surface area contributed by atoms with Gasteiger partial charge in [-0.05, 0) is 75.3 Å². The maximum atomic E-state index is 12.8. The molecule has 4 aliphatic carbocycles. The van der Waals surface area contributed by atoms with Crippen molar-refractivity contribution >= 4 is 23.1 Å². The number of esters is 1. The second-order valence-corrected chi connectivity index (χ2v) is 8.90. The van der Waals surface area contributed by atoms with Gasteiger partial charge in [0, 0.05) is 10.3 Å². The molecule has 4 bridgehead atoms. The SMILES string of the molecule is Cc1ccc(C(=O)OCC(=O)C23CC4CC(CC(C4)C2)C3)s1. The van der Waals surface area contributed by atoms with Crippen molar-refractivity contribution in [2.45, 2.75) is 45.4 Å². The van der Waals surface area contributed by atoms with Gasteiger partial charge in [0.25, 0.3) is 0 Å². The van der Waals surface area contributed by atoms with Crippen LogP contribution in [0.5, 0.6) is 0 Å². The Morgan fingerprint density at radius 2 is 1.73 bits per heavy atom. The molecule has 1 aromatic heterocycles. The number of ketones is 1. The van der Waals surface area contributed by atoms with E-state index >= 15 is 0 Å². The first-order valence-electron chi connectivity index (χ1n) is 8.31. The minimum absolute atomic E-state index is 0.0397. The van der Waals surface area contributed by atoms with Gasteiger partial charge in [-0.1, -0.05) is 0 Å². The van der Waals surface area contributed by atoms with Crippen LogP contribution in [-0.2, 0) is 9.53 Å². The number of rotatable bonds is 4. The molecule has 4 fully saturated rings. The van der Waals surface area contributed by atoms with Crippen molar-refractivity contribution in [2.24, 2.45) is 23.2 Å². The summed E-state index contributed by atoms with van der Waals surface area (Å²) in [4.78, 5) is 26.5. The summed E-state index contributed by atoms with van der Waals surface area (Å²) in [5.74, 6) is 2.05. The van der Waals surface area contributed by atoms with Crippen LogP contribution in [0.25, 0.3) is 0 Å². The van der Waals surface area contributed by atoms with Crippen LogP contribution in [0.15, 0.2) is 12.1 Å². The molecular formula is C18H22O3S. The smallest absolute Gasteiger partial charge is 0.348 e. The van der Waals surface area contributed by atoms with Crippen LogP contribution in [0.4, 0.5) is 0 Å². The standard InChI is InChI=1S/C18H22O3S/c1-11-2-3-15(22-11)17(20)21-10-16(19)18-7-12-4-13(8-18)6-14(5-12)9-18/h2-3,12-14H,4-10H2,1H3. The highest BCUT2D eigenvalue weighted by molar-refractivity contribution is 7.13. The Bertz CT molecular complexity index is 580. The van der Waals surface area contributed by atoms with Gasteiger partial charge in [-0.2, -0.15) is 0 Å². The van der Waals surface area contributed by atoms with Gasteiger partial charge in [0.15, 0.2) is 12.4 Å². The monoisotopic (exact) mass is 318 g/mol. The lowest BCUT2D eigenvalue weighted by molar-refractivity contribution is -0.147. The van der Waals surface area contributed by atoms with Gasteiger partial charge in [-0.3, -0.25) is 4.79 Å². The number of thiophene rings is 1. The van der Waals surface area contributed by atoms with Crippen molar-refractivity contribution in [2.75, 3.05) is 6.61 Å². The van der Waals surface area contributed by atoms with Crippen molar-refractivity contribution in [1.29, 1.82) is 0 Å². The number of Topliss-reactive ketones (excluding diaryl/α,β-unsaturated/α-hetero) is 1. The van der Waals surface area contributed by atoms with E-state index in [1.165, 1.54) is 30.6 Å². The Balaban J connectivity index is 1.41. The summed E-state index contributed by atoms with van der Waals surface area (Å²) in [5, 5.41) is 0. The number of hydrogen-bond donors (Lipinski definition) is 0. The third kappa shape index (κ3) is 2.41. The molecule has 0 radical (unpaired) electrons. The van der Waals surface area contributed by atoms with E-state index in [2.05, 4.69) is 0 Å². The maximum absolute atomic E-state index is 12.8. The van der Waals surface area contributed by atoms with Gasteiger partial charge < -0.3 is 4.74 Å². The minimum atomic E-state index is -0.351. The average molecular weight is 318 g/mol. The molecular weight excluding hydrogens is 296 g/mol. The fourth-order valence-electron chi connectivity index (χ4n) is 5.35. The molecule has 4 heteroatoms. The van der Waals surface area contributed by atoms with Gasteiger partial charge >= 0.3 is 5.97 Å². The van der Waals surface area contributed by atoms with E-state index in [-0.39, 0.29) is 23.8 Å². The third-order valence-corrected chi connectivity index (χ3v) is 6.89. The van der Waals surface area contributed by atoms with Crippen LogP contribution in [0.3, 0.4) is 0 Å². The molecule has 5 rings (SSSR count). The zero-order valence-electron chi connectivity index (χ0n) is 13.0. The second kappa shape index (κ2) is 5.19. The van der Waals surface area contributed by atoms with Crippen LogP contribution in [0.2, 0.25) is 0 Å². The highest BCUT2D eigenvalue weighted by atomic mass is 32.1. The Morgan fingerprint density at radius 3 is 2.23 bits per heavy atom. The highest BCUT2D eigenvalue weighted by Crippen LogP contribution is 2.60. The molecule has 0 spiro atoms. The number of carbonyl (C=O) groups is 2. The van der Waals surface area contributed by atoms with E-state index in [0.717, 1.165) is 41.9 Å². The van der Waals surface area contributed by atoms with E-state index in [1.54, 1.807) is 6.07 Å². The Morgan fingerprint density at radius 1 is 1.14 bits per heavy atom. The zero-order valence-corrected chi connectivity index (χ0v) is 13.8. The summed E-state index contributed by atoms with van der Waals surface area (Å²) >= 11 is 1.42. The number of ether oxygens (including phenoxy) is 1. The number of carbonyl (C=O) groups excluding carboxylic acids is 2. The first kappa shape index (κ1) is 14.4. The molecule has 0 amide bonds. The lowest BCUT2D eigenvalue weighted by Gasteiger charge is -2.55. The highest BCUT2D eigenvalue weighted by Gasteiger charge is 2.54. The summed E-state index contributed by atoms with van der Waals surface area (Å²) in [6.45, 7) is 1.92. The Kier molecular flexibility index (Phi) is 3.40. The normalized spacial score (nSPS) is 35.6. The van der Waals surface area contributed by atoms with Crippen LogP contribution >= 0.6 is 11.3 Å². The van der Waals surface area contributed by atoms with Crippen LogP contribution in [0.1, 0.15) is 53.1 Å². The Hall–Kier alpha value is -1.16. The van der Waals surface area contributed by atoms with Crippen molar-refractivity contribution in [1.82, 2.24) is 0 Å². The predicted molar refractivity (Wildman–Crippen MR) is 85.0 cm³/mol. The summed E-state index contributed by atoms with van der Waals surface area (Å²) in [5.41, 5.74) is -0.166. The summed E-state index contributed by atoms with van der Waals surface area (Å²) in [6, 6.07) is 3.68. The van der Waals surface area contributed by atoms with E-state index in [0.29, 0.717) is 4.88 Å². The molecule has 1 aromatic rings. The molecule has 0 unspecified atom stereocenters. The maximum Gasteiger partial charge on any atom is 0.348 e. The first-order chi connectivity index (χ1) is 10.5. The minimum Gasteiger partial charge on any atom is -0.453 e. The molecule has 0 N–H and O–H groups in total. The second-order valence-electron chi connectivity index (χ2n) is 7.61. The summed E-state index contributed by atoms with van der Waals surface area (Å²) < 4.78 is 5.31. The molecule has 22 heavy (non-hydrogen) atoms. The molecule has 4 aliphatic rings. The van der Waals surface area contributed by atoms with E-state index in [4.69, 9.17) is 4.74 Å². The lowest BCUT2D eigenvalue weighted by atomic mass is 9.48. The van der Waals surface area contributed by atoms with Gasteiger partial charge in [-0.25, -0.2) is 4.79 Å². The predicted octanol–water partition coefficient (Wildman–Crippen LogP) is 4.00. The van der Waals surface area contributed by atoms with Gasteiger partial charge in [0.05, 0.1) is 0 Å². The van der Waals surface area contributed by atoms with Crippen LogP contribution in [0, 0.1) is 30.1 Å². The zero-order chi connectivity index (χ0) is 15.3. The fourth-order valence-corrected chi connectivity index (χ4v) is 6.11. The first-order valence-corrected chi connectivity index (χ1v) is 9.12. The molecule has 0 atom stereocenters. The van der Waals surface area contributed by atoms with E-state index in [1.807, 2.05) is 13.0 Å². The molecule has 1 heterocycles. The van der Waals surface area contributed by atoms with Crippen molar-refractivity contribution < 1.29 is 14.3 Å².